The summed E-state index contributed by atoms with van der Waals surface area (Å²) in [5.41, 5.74) is 4.33. The number of nitrogens with zero attached hydrogens (tertiary/aromatic N) is 3. The second-order valence-electron chi connectivity index (χ2n) is 9.12. The molecule has 0 spiro atoms. The lowest BCUT2D eigenvalue weighted by atomic mass is 9.99. The van der Waals surface area contributed by atoms with Gasteiger partial charge in [0.25, 0.3) is 5.17 Å². The molecule has 4 nitrogen and oxygen atoms in total. The van der Waals surface area contributed by atoms with Gasteiger partial charge in [-0.25, -0.2) is 9.97 Å². The molecule has 0 saturated carbocycles. The summed E-state index contributed by atoms with van der Waals surface area (Å²) >= 11 is 5.65. The molecule has 176 valence electrons. The van der Waals surface area contributed by atoms with Gasteiger partial charge in [-0.05, 0) is 58.0 Å². The number of aromatic nitrogens is 2. The van der Waals surface area contributed by atoms with Gasteiger partial charge in [0, 0.05) is 29.6 Å². The van der Waals surface area contributed by atoms with Crippen LogP contribution in [-0.4, -0.2) is 22.2 Å². The van der Waals surface area contributed by atoms with E-state index in [0.717, 1.165) is 43.9 Å². The molecule has 0 radical (unpaired) electrons. The molecule has 0 amide bonds. The van der Waals surface area contributed by atoms with Gasteiger partial charge in [0.2, 0.25) is 0 Å². The highest BCUT2D eigenvalue weighted by molar-refractivity contribution is 7.80. The highest BCUT2D eigenvalue weighted by Crippen LogP contribution is 2.34. The highest BCUT2D eigenvalue weighted by Gasteiger charge is 2.14. The third-order valence-corrected chi connectivity index (χ3v) is 7.25. The first kappa shape index (κ1) is 21.7. The fraction of sp³-hybridized carbons (Fsp3) is 0.0312. The minimum absolute atomic E-state index is 0.361. The lowest BCUT2D eigenvalue weighted by Crippen LogP contribution is -2.29. The van der Waals surface area contributed by atoms with Gasteiger partial charge in [0.1, 0.15) is 5.75 Å². The van der Waals surface area contributed by atoms with Crippen LogP contribution in [0.4, 0.5) is 5.69 Å². The summed E-state index contributed by atoms with van der Waals surface area (Å²) in [6.07, 6.45) is 0. The van der Waals surface area contributed by atoms with Gasteiger partial charge < -0.3 is 9.64 Å². The molecule has 0 aliphatic rings. The maximum Gasteiger partial charge on any atom is 0.269 e. The van der Waals surface area contributed by atoms with Crippen LogP contribution in [0.15, 0.2) is 109 Å². The molecular weight excluding hydrogens is 474 g/mol. The minimum atomic E-state index is 0.361. The maximum absolute atomic E-state index is 6.11. The van der Waals surface area contributed by atoms with Crippen LogP contribution in [0.25, 0.3) is 54.4 Å². The van der Waals surface area contributed by atoms with Crippen molar-refractivity contribution in [2.75, 3.05) is 11.9 Å². The number of hydrogen-bond donors (Lipinski definition) is 0. The summed E-state index contributed by atoms with van der Waals surface area (Å²) in [6, 6.07) is 37.0. The van der Waals surface area contributed by atoms with Gasteiger partial charge in [-0.1, -0.05) is 78.9 Å². The Bertz CT molecular complexity index is 2020. The Morgan fingerprint density at radius 3 is 1.92 bits per heavy atom. The van der Waals surface area contributed by atoms with E-state index in [1.54, 1.807) is 0 Å². The van der Waals surface area contributed by atoms with E-state index in [9.17, 15) is 0 Å². The molecule has 1 heterocycles. The molecular formula is C32H21N3OS. The van der Waals surface area contributed by atoms with Crippen LogP contribution in [0.2, 0.25) is 0 Å². The molecule has 6 aromatic carbocycles. The Labute approximate surface area is 218 Å². The normalized spacial score (nSPS) is 11.5. The standard InChI is InChI=1S/C32H21N3OS/c1-35(22-15-14-20-8-2-3-9-21(20)18-22)32(37)36-23-16-17-28-29(19-23)34-31-27-13-7-5-11-25(27)24-10-4-6-12-26(24)30(31)33-28/h2-19H,1H3. The van der Waals surface area contributed by atoms with Gasteiger partial charge in [0.05, 0.1) is 22.1 Å². The van der Waals surface area contributed by atoms with E-state index >= 15 is 0 Å². The van der Waals surface area contributed by atoms with Crippen LogP contribution in [0.5, 0.6) is 5.75 Å². The Kier molecular flexibility index (Phi) is 4.98. The minimum Gasteiger partial charge on any atom is -0.431 e. The van der Waals surface area contributed by atoms with Gasteiger partial charge in [-0.2, -0.15) is 0 Å². The monoisotopic (exact) mass is 495 g/mol. The summed E-state index contributed by atoms with van der Waals surface area (Å²) in [5.74, 6) is 0.629. The van der Waals surface area contributed by atoms with Crippen LogP contribution >= 0.6 is 12.2 Å². The molecule has 0 aliphatic heterocycles. The van der Waals surface area contributed by atoms with E-state index in [4.69, 9.17) is 26.9 Å². The zero-order valence-electron chi connectivity index (χ0n) is 20.1. The Morgan fingerprint density at radius 2 is 1.22 bits per heavy atom. The van der Waals surface area contributed by atoms with Crippen LogP contribution in [0.1, 0.15) is 0 Å². The second-order valence-corrected chi connectivity index (χ2v) is 9.47. The van der Waals surface area contributed by atoms with Gasteiger partial charge >= 0.3 is 0 Å². The van der Waals surface area contributed by atoms with Crippen molar-refractivity contribution in [3.05, 3.63) is 109 Å². The summed E-state index contributed by atoms with van der Waals surface area (Å²) in [5, 5.41) is 7.24. The number of anilines is 1. The van der Waals surface area contributed by atoms with Gasteiger partial charge in [0.15, 0.2) is 0 Å². The summed E-state index contributed by atoms with van der Waals surface area (Å²) in [7, 11) is 1.91. The Morgan fingerprint density at radius 1 is 0.622 bits per heavy atom. The predicted molar refractivity (Wildman–Crippen MR) is 158 cm³/mol. The maximum atomic E-state index is 6.11. The fourth-order valence-corrected chi connectivity index (χ4v) is 5.18. The highest BCUT2D eigenvalue weighted by atomic mass is 32.1. The van der Waals surface area contributed by atoms with Crippen LogP contribution in [0, 0.1) is 0 Å². The lowest BCUT2D eigenvalue weighted by Gasteiger charge is -2.20. The Hall–Kier alpha value is -4.61. The summed E-state index contributed by atoms with van der Waals surface area (Å²) in [4.78, 5) is 12.0. The third-order valence-electron chi connectivity index (χ3n) is 6.89. The second kappa shape index (κ2) is 8.50. The van der Waals surface area contributed by atoms with Crippen LogP contribution in [-0.2, 0) is 0 Å². The van der Waals surface area contributed by atoms with Crippen molar-refractivity contribution in [1.82, 2.24) is 9.97 Å². The van der Waals surface area contributed by atoms with E-state index in [-0.39, 0.29) is 0 Å². The molecule has 0 saturated heterocycles. The van der Waals surface area contributed by atoms with Crippen LogP contribution < -0.4 is 9.64 Å². The van der Waals surface area contributed by atoms with E-state index in [1.807, 2.05) is 60.5 Å². The van der Waals surface area contributed by atoms with Crippen molar-refractivity contribution in [3.63, 3.8) is 0 Å². The van der Waals surface area contributed by atoms with Gasteiger partial charge in [-0.3, -0.25) is 0 Å². The molecule has 0 bridgehead atoms. The molecule has 37 heavy (non-hydrogen) atoms. The third kappa shape index (κ3) is 3.63. The predicted octanol–water partition coefficient (Wildman–Crippen LogP) is 8.04. The average Bonchev–Trinajstić information content (AvgIpc) is 2.95. The van der Waals surface area contributed by atoms with Crippen molar-refractivity contribution in [3.8, 4) is 5.75 Å². The van der Waals surface area contributed by atoms with E-state index in [0.29, 0.717) is 10.9 Å². The number of hydrogen-bond acceptors (Lipinski definition) is 4. The van der Waals surface area contributed by atoms with Crippen LogP contribution in [0.3, 0.4) is 0 Å². The van der Waals surface area contributed by atoms with Gasteiger partial charge in [-0.15, -0.1) is 0 Å². The molecule has 0 atom stereocenters. The van der Waals surface area contributed by atoms with Crippen molar-refractivity contribution in [1.29, 1.82) is 0 Å². The zero-order valence-corrected chi connectivity index (χ0v) is 20.9. The fourth-order valence-electron chi connectivity index (χ4n) is 4.98. The van der Waals surface area contributed by atoms with Crippen molar-refractivity contribution in [2.45, 2.75) is 0 Å². The first-order chi connectivity index (χ1) is 18.2. The van der Waals surface area contributed by atoms with E-state index < -0.39 is 0 Å². The lowest BCUT2D eigenvalue weighted by molar-refractivity contribution is 0.553. The largest absolute Gasteiger partial charge is 0.431 e. The first-order valence-corrected chi connectivity index (χ1v) is 12.5. The molecule has 0 aliphatic carbocycles. The molecule has 7 rings (SSSR count). The van der Waals surface area contributed by atoms with Crippen molar-refractivity contribution < 1.29 is 4.74 Å². The molecule has 7 aromatic rings. The number of fused-ring (bicyclic) bond motifs is 8. The first-order valence-electron chi connectivity index (χ1n) is 12.1. The number of thiocarbonyl (C=S) groups is 1. The molecule has 0 unspecified atom stereocenters. The Balaban J connectivity index is 1.29. The average molecular weight is 496 g/mol. The molecule has 0 N–H and O–H groups in total. The smallest absolute Gasteiger partial charge is 0.269 e. The van der Waals surface area contributed by atoms with Crippen molar-refractivity contribution >= 4 is 77.5 Å². The zero-order chi connectivity index (χ0) is 24.9. The SMILES string of the molecule is CN(C(=S)Oc1ccc2nc3c4ccccc4c4ccccc4c3nc2c1)c1ccc2ccccc2c1. The quantitative estimate of drug-likeness (QED) is 0.138. The summed E-state index contributed by atoms with van der Waals surface area (Å²) < 4.78 is 6.11. The van der Waals surface area contributed by atoms with E-state index in [2.05, 4.69) is 60.7 Å². The number of ether oxygens (including phenoxy) is 1. The molecule has 1 aromatic heterocycles. The molecule has 5 heteroatoms. The number of benzene rings is 6. The topological polar surface area (TPSA) is 38.2 Å². The molecule has 0 fully saturated rings. The number of rotatable bonds is 2. The van der Waals surface area contributed by atoms with E-state index in [1.165, 1.54) is 16.2 Å². The van der Waals surface area contributed by atoms with Crippen molar-refractivity contribution in [2.24, 2.45) is 0 Å². The summed E-state index contributed by atoms with van der Waals surface area (Å²) in [6.45, 7) is 0.